The van der Waals surface area contributed by atoms with Crippen LogP contribution in [0.15, 0.2) is 61.5 Å². The van der Waals surface area contributed by atoms with Gasteiger partial charge in [0.25, 0.3) is 0 Å². The van der Waals surface area contributed by atoms with Crippen molar-refractivity contribution in [3.63, 3.8) is 0 Å². The topological polar surface area (TPSA) is 24.3 Å². The molecule has 0 unspecified atom stereocenters. The molecule has 4 heteroatoms. The van der Waals surface area contributed by atoms with Crippen molar-refractivity contribution in [2.75, 3.05) is 13.7 Å². The lowest BCUT2D eigenvalue weighted by atomic mass is 10.2. The molecule has 0 saturated carbocycles. The maximum absolute atomic E-state index is 3.78. The second-order valence-electron chi connectivity index (χ2n) is 4.66. The summed E-state index contributed by atoms with van der Waals surface area (Å²) in [6, 6.07) is 10.5. The molecule has 2 aromatic rings. The van der Waals surface area contributed by atoms with Crippen molar-refractivity contribution >= 4 is 0 Å². The molecule has 3 rings (SSSR count). The number of rotatable bonds is 2. The smallest absolute Gasteiger partial charge is 0.0943 e. The molecule has 0 saturated heterocycles. The largest absolute Gasteiger partial charge is 0.362 e. The second kappa shape index (κ2) is 6.64. The van der Waals surface area contributed by atoms with Gasteiger partial charge in [0.2, 0.25) is 0 Å². The van der Waals surface area contributed by atoms with Crippen molar-refractivity contribution < 1.29 is 0 Å². The molecule has 0 spiro atoms. The lowest BCUT2D eigenvalue weighted by Gasteiger charge is -2.17. The highest BCUT2D eigenvalue weighted by atomic mass is 15.3. The SMILES string of the molecule is CN1C=CN(Cc2ccccc2)C1.Cn1ccnc1. The quantitative estimate of drug-likeness (QED) is 0.824. The highest BCUT2D eigenvalue weighted by molar-refractivity contribution is 5.15. The first kappa shape index (κ1) is 13.2. The van der Waals surface area contributed by atoms with E-state index in [1.54, 1.807) is 12.5 Å². The third-order valence-corrected chi connectivity index (χ3v) is 2.80. The molecule has 19 heavy (non-hydrogen) atoms. The third kappa shape index (κ3) is 4.50. The van der Waals surface area contributed by atoms with Gasteiger partial charge in [-0.2, -0.15) is 0 Å². The van der Waals surface area contributed by atoms with Gasteiger partial charge in [-0.05, 0) is 5.56 Å². The molecule has 2 heterocycles. The average Bonchev–Trinajstić information content (AvgIpc) is 3.03. The molecule has 1 aliphatic heterocycles. The van der Waals surface area contributed by atoms with Crippen molar-refractivity contribution in [3.8, 4) is 0 Å². The molecule has 0 amide bonds. The van der Waals surface area contributed by atoms with E-state index in [-0.39, 0.29) is 0 Å². The maximum atomic E-state index is 3.78. The molecule has 1 aromatic carbocycles. The van der Waals surface area contributed by atoms with Crippen LogP contribution in [0.3, 0.4) is 0 Å². The van der Waals surface area contributed by atoms with E-state index in [2.05, 4.69) is 64.6 Å². The molecule has 100 valence electrons. The van der Waals surface area contributed by atoms with Gasteiger partial charge in [0.15, 0.2) is 0 Å². The predicted octanol–water partition coefficient (Wildman–Crippen LogP) is 2.28. The average molecular weight is 256 g/mol. The zero-order valence-electron chi connectivity index (χ0n) is 11.5. The summed E-state index contributed by atoms with van der Waals surface area (Å²) in [4.78, 5) is 8.24. The molecule has 0 fully saturated rings. The first-order chi connectivity index (χ1) is 9.24. The molecule has 1 aliphatic rings. The Bertz CT molecular complexity index is 490. The first-order valence-corrected chi connectivity index (χ1v) is 6.32. The summed E-state index contributed by atoms with van der Waals surface area (Å²) in [5, 5.41) is 0. The maximum Gasteiger partial charge on any atom is 0.0943 e. The monoisotopic (exact) mass is 256 g/mol. The standard InChI is InChI=1S/C11H14N2.C4H6N2/c1-12-7-8-13(10-12)9-11-5-3-2-4-6-11;1-6-3-2-5-4-6/h2-8H,9-10H2,1H3;2-4H,1H3. The Kier molecular flexibility index (Phi) is 4.61. The molecule has 0 aliphatic carbocycles. The molecule has 0 bridgehead atoms. The highest BCUT2D eigenvalue weighted by Crippen LogP contribution is 2.09. The summed E-state index contributed by atoms with van der Waals surface area (Å²) >= 11 is 0. The Morgan fingerprint density at radius 3 is 2.37 bits per heavy atom. The zero-order valence-corrected chi connectivity index (χ0v) is 11.5. The van der Waals surface area contributed by atoms with Crippen LogP contribution < -0.4 is 0 Å². The van der Waals surface area contributed by atoms with Gasteiger partial charge in [0.05, 0.1) is 13.0 Å². The molecule has 4 nitrogen and oxygen atoms in total. The molecular weight excluding hydrogens is 236 g/mol. The summed E-state index contributed by atoms with van der Waals surface area (Å²) in [6.07, 6.45) is 9.62. The van der Waals surface area contributed by atoms with Crippen molar-refractivity contribution in [3.05, 3.63) is 67.0 Å². The van der Waals surface area contributed by atoms with E-state index in [0.717, 1.165) is 13.2 Å². The second-order valence-corrected chi connectivity index (χ2v) is 4.66. The van der Waals surface area contributed by atoms with Crippen LogP contribution in [0, 0.1) is 0 Å². The number of nitrogens with zero attached hydrogens (tertiary/aromatic N) is 4. The number of hydrogen-bond acceptors (Lipinski definition) is 3. The number of aryl methyl sites for hydroxylation is 1. The van der Waals surface area contributed by atoms with E-state index < -0.39 is 0 Å². The summed E-state index contributed by atoms with van der Waals surface area (Å²) < 4.78 is 1.89. The van der Waals surface area contributed by atoms with Gasteiger partial charge in [0, 0.05) is 45.4 Å². The van der Waals surface area contributed by atoms with E-state index in [4.69, 9.17) is 0 Å². The molecule has 0 atom stereocenters. The van der Waals surface area contributed by atoms with Gasteiger partial charge in [-0.25, -0.2) is 4.98 Å². The van der Waals surface area contributed by atoms with Gasteiger partial charge in [0.1, 0.15) is 0 Å². The molecule has 1 aromatic heterocycles. The van der Waals surface area contributed by atoms with Crippen LogP contribution in [-0.2, 0) is 13.6 Å². The fourth-order valence-corrected chi connectivity index (χ4v) is 1.84. The van der Waals surface area contributed by atoms with Crippen molar-refractivity contribution in [2.45, 2.75) is 6.54 Å². The van der Waals surface area contributed by atoms with Gasteiger partial charge >= 0.3 is 0 Å². The van der Waals surface area contributed by atoms with E-state index in [1.807, 2.05) is 17.8 Å². The molecule has 0 N–H and O–H groups in total. The van der Waals surface area contributed by atoms with Crippen LogP contribution in [0.1, 0.15) is 5.56 Å². The minimum Gasteiger partial charge on any atom is -0.362 e. The Labute approximate surface area is 114 Å². The zero-order chi connectivity index (χ0) is 13.5. The van der Waals surface area contributed by atoms with Crippen LogP contribution in [0.25, 0.3) is 0 Å². The lowest BCUT2D eigenvalue weighted by Crippen LogP contribution is -2.21. The summed E-state index contributed by atoms with van der Waals surface area (Å²) in [5.74, 6) is 0. The van der Waals surface area contributed by atoms with Gasteiger partial charge in [-0.3, -0.25) is 0 Å². The normalized spacial score (nSPS) is 13.4. The Morgan fingerprint density at radius 2 is 1.89 bits per heavy atom. The van der Waals surface area contributed by atoms with Gasteiger partial charge in [-0.1, -0.05) is 30.3 Å². The Hall–Kier alpha value is -2.23. The molecular formula is C15H20N4. The van der Waals surface area contributed by atoms with Crippen molar-refractivity contribution in [2.24, 2.45) is 7.05 Å². The number of aromatic nitrogens is 2. The predicted molar refractivity (Wildman–Crippen MR) is 77.0 cm³/mol. The van der Waals surface area contributed by atoms with Gasteiger partial charge < -0.3 is 14.4 Å². The fraction of sp³-hybridized carbons (Fsp3) is 0.267. The number of imidazole rings is 1. The van der Waals surface area contributed by atoms with Gasteiger partial charge in [-0.15, -0.1) is 0 Å². The summed E-state index contributed by atoms with van der Waals surface area (Å²) in [5.41, 5.74) is 1.36. The van der Waals surface area contributed by atoms with Crippen LogP contribution in [-0.4, -0.2) is 33.1 Å². The molecule has 0 radical (unpaired) electrons. The van der Waals surface area contributed by atoms with E-state index >= 15 is 0 Å². The van der Waals surface area contributed by atoms with E-state index in [0.29, 0.717) is 0 Å². The van der Waals surface area contributed by atoms with Crippen LogP contribution in [0.5, 0.6) is 0 Å². The van der Waals surface area contributed by atoms with E-state index in [1.165, 1.54) is 5.56 Å². The number of benzene rings is 1. The lowest BCUT2D eigenvalue weighted by molar-refractivity contribution is 0.291. The Balaban J connectivity index is 0.000000186. The minimum absolute atomic E-state index is 0.995. The van der Waals surface area contributed by atoms with Crippen LogP contribution in [0.2, 0.25) is 0 Å². The third-order valence-electron chi connectivity index (χ3n) is 2.80. The summed E-state index contributed by atoms with van der Waals surface area (Å²) in [7, 11) is 4.02. The fourth-order valence-electron chi connectivity index (χ4n) is 1.84. The number of hydrogen-bond donors (Lipinski definition) is 0. The van der Waals surface area contributed by atoms with E-state index in [9.17, 15) is 0 Å². The van der Waals surface area contributed by atoms with Crippen LogP contribution >= 0.6 is 0 Å². The van der Waals surface area contributed by atoms with Crippen LogP contribution in [0.4, 0.5) is 0 Å². The van der Waals surface area contributed by atoms with Crippen molar-refractivity contribution in [1.29, 1.82) is 0 Å². The first-order valence-electron chi connectivity index (χ1n) is 6.32. The van der Waals surface area contributed by atoms with Crippen molar-refractivity contribution in [1.82, 2.24) is 19.4 Å². The highest BCUT2D eigenvalue weighted by Gasteiger charge is 2.07. The minimum atomic E-state index is 0.995. The Morgan fingerprint density at radius 1 is 1.11 bits per heavy atom. The summed E-state index contributed by atoms with van der Waals surface area (Å²) in [6.45, 7) is 2.00.